The van der Waals surface area contributed by atoms with E-state index >= 15 is 0 Å². The Hall–Kier alpha value is -2.18. The van der Waals surface area contributed by atoms with Crippen LogP contribution in [0.25, 0.3) is 0 Å². The Morgan fingerprint density at radius 1 is 1.08 bits per heavy atom. The topological polar surface area (TPSA) is 89.3 Å². The van der Waals surface area contributed by atoms with E-state index in [2.05, 4.69) is 5.32 Å². The van der Waals surface area contributed by atoms with E-state index < -0.39 is 15.4 Å². The van der Waals surface area contributed by atoms with Gasteiger partial charge in [-0.15, -0.1) is 0 Å². The maximum atomic E-state index is 12.5. The van der Waals surface area contributed by atoms with Crippen molar-refractivity contribution < 1.29 is 13.2 Å². The number of nitrogens with two attached hydrogens (primary N) is 1. The first kappa shape index (κ1) is 18.2. The average Bonchev–Trinajstić information content (AvgIpc) is 2.52. The highest BCUT2D eigenvalue weighted by Crippen LogP contribution is 2.18. The summed E-state index contributed by atoms with van der Waals surface area (Å²) < 4.78 is 25.1. The van der Waals surface area contributed by atoms with Gasteiger partial charge in [-0.25, -0.2) is 8.42 Å². The lowest BCUT2D eigenvalue weighted by Crippen LogP contribution is -2.45. The zero-order chi connectivity index (χ0) is 17.8. The van der Waals surface area contributed by atoms with Crippen LogP contribution in [-0.2, 0) is 15.6 Å². The molecule has 0 aliphatic carbocycles. The molecular formula is C18H22N2O3S. The zero-order valence-electron chi connectivity index (χ0n) is 13.8. The van der Waals surface area contributed by atoms with Crippen molar-refractivity contribution in [3.8, 4) is 0 Å². The van der Waals surface area contributed by atoms with E-state index in [9.17, 15) is 13.2 Å². The van der Waals surface area contributed by atoms with E-state index in [1.807, 2.05) is 6.07 Å². The van der Waals surface area contributed by atoms with Crippen LogP contribution >= 0.6 is 0 Å². The number of amides is 1. The predicted molar refractivity (Wildman–Crippen MR) is 94.4 cm³/mol. The minimum Gasteiger partial charge on any atom is -0.350 e. The zero-order valence-corrected chi connectivity index (χ0v) is 14.6. The van der Waals surface area contributed by atoms with Gasteiger partial charge in [-0.2, -0.15) is 0 Å². The highest BCUT2D eigenvalue weighted by molar-refractivity contribution is 7.90. The lowest BCUT2D eigenvalue weighted by molar-refractivity contribution is 0.0946. The number of nitrogens with one attached hydrogen (secondary N) is 1. The first-order valence-electron chi connectivity index (χ1n) is 7.61. The molecule has 6 heteroatoms. The molecule has 1 amide bonds. The fourth-order valence-electron chi connectivity index (χ4n) is 2.12. The van der Waals surface area contributed by atoms with Gasteiger partial charge in [0.1, 0.15) is 0 Å². The lowest BCUT2D eigenvalue weighted by atomic mass is 10.1. The number of sulfone groups is 1. The largest absolute Gasteiger partial charge is 0.350 e. The number of hydrogen-bond acceptors (Lipinski definition) is 4. The summed E-state index contributed by atoms with van der Waals surface area (Å²) in [6.45, 7) is 3.90. The molecule has 3 N–H and O–H groups in total. The van der Waals surface area contributed by atoms with Crippen molar-refractivity contribution >= 4 is 15.7 Å². The molecular weight excluding hydrogens is 324 g/mol. The van der Waals surface area contributed by atoms with Gasteiger partial charge in [0.15, 0.2) is 9.84 Å². The summed E-state index contributed by atoms with van der Waals surface area (Å²) in [5, 5.41) is 2.71. The molecule has 0 radical (unpaired) electrons. The Bertz CT molecular complexity index is 810. The van der Waals surface area contributed by atoms with Gasteiger partial charge >= 0.3 is 0 Å². The minimum absolute atomic E-state index is 0.102. The molecule has 2 rings (SSSR count). The van der Waals surface area contributed by atoms with Crippen LogP contribution in [0, 0.1) is 0 Å². The number of rotatable bonds is 6. The van der Waals surface area contributed by atoms with Gasteiger partial charge in [-0.05, 0) is 37.6 Å². The van der Waals surface area contributed by atoms with Gasteiger partial charge in [0.25, 0.3) is 5.91 Å². The quantitative estimate of drug-likeness (QED) is 0.838. The molecule has 0 atom stereocenters. The third-order valence-electron chi connectivity index (χ3n) is 3.36. The van der Waals surface area contributed by atoms with E-state index in [0.29, 0.717) is 17.7 Å². The van der Waals surface area contributed by atoms with Crippen molar-refractivity contribution in [3.05, 3.63) is 65.7 Å². The molecule has 24 heavy (non-hydrogen) atoms. The van der Waals surface area contributed by atoms with Gasteiger partial charge < -0.3 is 11.1 Å². The Morgan fingerprint density at radius 2 is 1.75 bits per heavy atom. The number of carbonyl (C=O) groups excluding carboxylic acids is 1. The van der Waals surface area contributed by atoms with E-state index in [0.717, 1.165) is 0 Å². The standard InChI is InChI=1S/C18H22N2O3S/c1-18(2,19)13-20-17(21)15-9-6-10-16(11-15)24(22,23)12-14-7-4-3-5-8-14/h3-11H,12-13,19H2,1-2H3,(H,20,21). The van der Waals surface area contributed by atoms with E-state index in [1.165, 1.54) is 12.1 Å². The van der Waals surface area contributed by atoms with E-state index in [-0.39, 0.29) is 16.6 Å². The van der Waals surface area contributed by atoms with Gasteiger partial charge in [-0.3, -0.25) is 4.79 Å². The van der Waals surface area contributed by atoms with Crippen LogP contribution in [0.15, 0.2) is 59.5 Å². The summed E-state index contributed by atoms with van der Waals surface area (Å²) in [6.07, 6.45) is 0. The Balaban J connectivity index is 2.19. The number of hydrogen-bond donors (Lipinski definition) is 2. The molecule has 5 nitrogen and oxygen atoms in total. The monoisotopic (exact) mass is 346 g/mol. The summed E-state index contributed by atoms with van der Waals surface area (Å²) in [5.74, 6) is -0.445. The van der Waals surface area contributed by atoms with E-state index in [1.54, 1.807) is 50.2 Å². The second kappa shape index (κ2) is 7.15. The summed E-state index contributed by atoms with van der Waals surface area (Å²) in [6, 6.07) is 15.0. The average molecular weight is 346 g/mol. The van der Waals surface area contributed by atoms with E-state index in [4.69, 9.17) is 5.73 Å². The van der Waals surface area contributed by atoms with Crippen molar-refractivity contribution in [1.82, 2.24) is 5.32 Å². The third kappa shape index (κ3) is 5.18. The van der Waals surface area contributed by atoms with Crippen molar-refractivity contribution in [3.63, 3.8) is 0 Å². The van der Waals surface area contributed by atoms with Gasteiger partial charge in [0, 0.05) is 17.6 Å². The Morgan fingerprint density at radius 3 is 2.38 bits per heavy atom. The summed E-state index contributed by atoms with van der Waals surface area (Å²) in [4.78, 5) is 12.3. The van der Waals surface area contributed by atoms with Gasteiger partial charge in [-0.1, -0.05) is 36.4 Å². The molecule has 2 aromatic carbocycles. The third-order valence-corrected chi connectivity index (χ3v) is 5.04. The molecule has 0 bridgehead atoms. The maximum Gasteiger partial charge on any atom is 0.251 e. The van der Waals surface area contributed by atoms with Crippen LogP contribution in [0.5, 0.6) is 0 Å². The van der Waals surface area contributed by atoms with Crippen molar-refractivity contribution in [2.24, 2.45) is 5.73 Å². The molecule has 0 saturated heterocycles. The molecule has 0 aromatic heterocycles. The lowest BCUT2D eigenvalue weighted by Gasteiger charge is -2.19. The predicted octanol–water partition coefficient (Wildman–Crippen LogP) is 2.13. The minimum atomic E-state index is -3.52. The summed E-state index contributed by atoms with van der Waals surface area (Å²) in [7, 11) is -3.52. The smallest absolute Gasteiger partial charge is 0.251 e. The summed E-state index contributed by atoms with van der Waals surface area (Å²) in [5.41, 5.74) is 6.31. The highest BCUT2D eigenvalue weighted by Gasteiger charge is 2.18. The number of benzene rings is 2. The fraction of sp³-hybridized carbons (Fsp3) is 0.278. The maximum absolute atomic E-state index is 12.5. The van der Waals surface area contributed by atoms with Gasteiger partial charge in [0.2, 0.25) is 0 Å². The molecule has 0 heterocycles. The molecule has 0 unspecified atom stereocenters. The normalized spacial score (nSPS) is 12.0. The second-order valence-electron chi connectivity index (χ2n) is 6.44. The fourth-order valence-corrected chi connectivity index (χ4v) is 3.51. The molecule has 0 aliphatic heterocycles. The molecule has 0 spiro atoms. The SMILES string of the molecule is CC(C)(N)CNC(=O)c1cccc(S(=O)(=O)Cc2ccccc2)c1. The molecule has 2 aromatic rings. The van der Waals surface area contributed by atoms with Crippen molar-refractivity contribution in [2.45, 2.75) is 30.0 Å². The summed E-state index contributed by atoms with van der Waals surface area (Å²) >= 11 is 0. The molecule has 0 aliphatic rings. The molecule has 0 saturated carbocycles. The van der Waals surface area contributed by atoms with Crippen LogP contribution < -0.4 is 11.1 Å². The number of carbonyl (C=O) groups is 1. The van der Waals surface area contributed by atoms with Crippen LogP contribution in [0.2, 0.25) is 0 Å². The van der Waals surface area contributed by atoms with Gasteiger partial charge in [0.05, 0.1) is 10.6 Å². The Labute approximate surface area is 142 Å². The van der Waals surface area contributed by atoms with Crippen molar-refractivity contribution in [2.75, 3.05) is 6.54 Å². The second-order valence-corrected chi connectivity index (χ2v) is 8.43. The van der Waals surface area contributed by atoms with Crippen molar-refractivity contribution in [1.29, 1.82) is 0 Å². The Kier molecular flexibility index (Phi) is 5.41. The first-order chi connectivity index (χ1) is 11.2. The molecule has 0 fully saturated rings. The molecule has 128 valence electrons. The highest BCUT2D eigenvalue weighted by atomic mass is 32.2. The van der Waals surface area contributed by atoms with Crippen LogP contribution in [-0.4, -0.2) is 26.4 Å². The van der Waals surface area contributed by atoms with Crippen LogP contribution in [0.4, 0.5) is 0 Å². The first-order valence-corrected chi connectivity index (χ1v) is 9.26. The van der Waals surface area contributed by atoms with Crippen LogP contribution in [0.1, 0.15) is 29.8 Å². The van der Waals surface area contributed by atoms with Crippen LogP contribution in [0.3, 0.4) is 0 Å².